The molecular weight excluding hydrogens is 476 g/mol. The monoisotopic (exact) mass is 520 g/mol. The molecule has 0 bridgehead atoms. The zero-order chi connectivity index (χ0) is 26.2. The number of nitrogens with one attached hydrogen (secondary N) is 1. The summed E-state index contributed by atoms with van der Waals surface area (Å²) < 4.78 is 24.2. The summed E-state index contributed by atoms with van der Waals surface area (Å²) in [5, 5.41) is 5.61. The number of benzene rings is 2. The van der Waals surface area contributed by atoms with Gasteiger partial charge in [0.1, 0.15) is 11.5 Å². The van der Waals surface area contributed by atoms with Gasteiger partial charge in [0.15, 0.2) is 5.90 Å². The molecule has 6 nitrogen and oxygen atoms in total. The molecule has 2 unspecified atom stereocenters. The number of piperidine rings is 1. The number of methoxy groups -OCH3 is 2. The standard InChI is InChI=1S/C32H44N2O4/c1-35-29-19-25(32(36-2)28-13-7-6-12-27(28)29)22-38-30-21-33-17-16-26(30)24-14-15-31(34-20-24)37-18-8-11-23-9-4-3-5-10-23/h6-7,12-13,19-20,23,26,30,33H,3-5,8-11,14-18,21-22H2,1-2H3. The van der Waals surface area contributed by atoms with Crippen LogP contribution in [-0.2, 0) is 16.1 Å². The summed E-state index contributed by atoms with van der Waals surface area (Å²) in [4.78, 5) is 4.73. The minimum absolute atomic E-state index is 0.0883. The molecule has 2 aliphatic heterocycles. The zero-order valence-electron chi connectivity index (χ0n) is 23.2. The van der Waals surface area contributed by atoms with Crippen molar-refractivity contribution in [2.45, 2.75) is 76.9 Å². The highest BCUT2D eigenvalue weighted by atomic mass is 16.5. The molecule has 206 valence electrons. The molecule has 6 heteroatoms. The third-order valence-electron chi connectivity index (χ3n) is 8.57. The van der Waals surface area contributed by atoms with Crippen molar-refractivity contribution >= 4 is 16.7 Å². The lowest BCUT2D eigenvalue weighted by Crippen LogP contribution is -2.43. The predicted molar refractivity (Wildman–Crippen MR) is 153 cm³/mol. The average molecular weight is 521 g/mol. The van der Waals surface area contributed by atoms with Crippen molar-refractivity contribution in [2.75, 3.05) is 33.9 Å². The second kappa shape index (κ2) is 13.5. The Morgan fingerprint density at radius 1 is 0.974 bits per heavy atom. The molecule has 1 aliphatic carbocycles. The second-order valence-electron chi connectivity index (χ2n) is 11.0. The van der Waals surface area contributed by atoms with Gasteiger partial charge in [0, 0.05) is 41.4 Å². The SMILES string of the molecule is COc1cc(COC2CNCCC2C2=CN=C(OCCCC3CCCCC3)CC2)c(OC)c2ccccc12. The molecule has 2 aromatic rings. The minimum Gasteiger partial charge on any atom is -0.496 e. The summed E-state index contributed by atoms with van der Waals surface area (Å²) in [7, 11) is 3.44. The second-order valence-corrected chi connectivity index (χ2v) is 11.0. The van der Waals surface area contributed by atoms with E-state index < -0.39 is 0 Å². The van der Waals surface area contributed by atoms with Crippen LogP contribution < -0.4 is 14.8 Å². The van der Waals surface area contributed by atoms with Crippen LogP contribution in [0.3, 0.4) is 0 Å². The number of aliphatic imine (C=N–C) groups is 1. The topological polar surface area (TPSA) is 61.3 Å². The Labute approximate surface area is 227 Å². The van der Waals surface area contributed by atoms with Gasteiger partial charge in [-0.1, -0.05) is 56.4 Å². The van der Waals surface area contributed by atoms with Crippen molar-refractivity contribution in [3.8, 4) is 11.5 Å². The van der Waals surface area contributed by atoms with Crippen molar-refractivity contribution in [2.24, 2.45) is 16.8 Å². The van der Waals surface area contributed by atoms with Gasteiger partial charge in [-0.3, -0.25) is 0 Å². The number of ether oxygens (including phenoxy) is 4. The first-order valence-corrected chi connectivity index (χ1v) is 14.6. The zero-order valence-corrected chi connectivity index (χ0v) is 23.2. The van der Waals surface area contributed by atoms with Gasteiger partial charge in [0.2, 0.25) is 0 Å². The molecule has 5 rings (SSSR count). The van der Waals surface area contributed by atoms with Crippen LogP contribution in [0.25, 0.3) is 10.8 Å². The van der Waals surface area contributed by atoms with E-state index in [0.717, 1.165) is 85.0 Å². The number of nitrogens with zero attached hydrogens (tertiary/aromatic N) is 1. The molecule has 0 amide bonds. The van der Waals surface area contributed by atoms with Gasteiger partial charge in [-0.25, -0.2) is 4.99 Å². The highest BCUT2D eigenvalue weighted by Gasteiger charge is 2.30. The Balaban J connectivity index is 1.19. The Bertz CT molecular complexity index is 1120. The van der Waals surface area contributed by atoms with E-state index in [9.17, 15) is 0 Å². The first kappa shape index (κ1) is 27.0. The number of hydrogen-bond acceptors (Lipinski definition) is 6. The minimum atomic E-state index is 0.0883. The molecule has 2 fully saturated rings. The highest BCUT2D eigenvalue weighted by Crippen LogP contribution is 2.38. The molecule has 2 heterocycles. The third kappa shape index (κ3) is 6.52. The van der Waals surface area contributed by atoms with E-state index in [4.69, 9.17) is 23.9 Å². The van der Waals surface area contributed by atoms with Crippen molar-refractivity contribution in [3.05, 3.63) is 47.7 Å². The summed E-state index contributed by atoms with van der Waals surface area (Å²) >= 11 is 0. The molecular formula is C32H44N2O4. The van der Waals surface area contributed by atoms with Crippen LogP contribution in [0.4, 0.5) is 0 Å². The third-order valence-corrected chi connectivity index (χ3v) is 8.57. The number of rotatable bonds is 10. The van der Waals surface area contributed by atoms with Crippen molar-refractivity contribution in [1.82, 2.24) is 5.32 Å². The maximum atomic E-state index is 6.57. The molecule has 0 radical (unpaired) electrons. The molecule has 2 atom stereocenters. The van der Waals surface area contributed by atoms with E-state index in [1.807, 2.05) is 12.1 Å². The van der Waals surface area contributed by atoms with Crippen LogP contribution in [0.5, 0.6) is 11.5 Å². The van der Waals surface area contributed by atoms with Crippen molar-refractivity contribution in [1.29, 1.82) is 0 Å². The first-order valence-electron chi connectivity index (χ1n) is 14.6. The van der Waals surface area contributed by atoms with Crippen LogP contribution in [0.2, 0.25) is 0 Å². The van der Waals surface area contributed by atoms with E-state index >= 15 is 0 Å². The van der Waals surface area contributed by atoms with Gasteiger partial charge in [-0.2, -0.15) is 0 Å². The van der Waals surface area contributed by atoms with Gasteiger partial charge >= 0.3 is 0 Å². The fraction of sp³-hybridized carbons (Fsp3) is 0.594. The van der Waals surface area contributed by atoms with E-state index in [2.05, 4.69) is 29.7 Å². The molecule has 1 saturated carbocycles. The molecule has 0 spiro atoms. The molecule has 3 aliphatic rings. The van der Waals surface area contributed by atoms with E-state index in [1.54, 1.807) is 14.2 Å². The smallest absolute Gasteiger partial charge is 0.188 e. The van der Waals surface area contributed by atoms with E-state index in [1.165, 1.54) is 44.1 Å². The fourth-order valence-electron chi connectivity index (χ4n) is 6.48. The summed E-state index contributed by atoms with van der Waals surface area (Å²) in [6, 6.07) is 10.2. The highest BCUT2D eigenvalue weighted by molar-refractivity contribution is 5.94. The largest absolute Gasteiger partial charge is 0.496 e. The Hall–Kier alpha value is -2.57. The molecule has 1 saturated heterocycles. The van der Waals surface area contributed by atoms with Crippen molar-refractivity contribution < 1.29 is 18.9 Å². The normalized spacial score (nSPS) is 22.6. The van der Waals surface area contributed by atoms with Gasteiger partial charge in [0.25, 0.3) is 0 Å². The molecule has 2 aromatic carbocycles. The summed E-state index contributed by atoms with van der Waals surface area (Å²) in [6.07, 6.45) is 14.6. The lowest BCUT2D eigenvalue weighted by atomic mass is 9.85. The van der Waals surface area contributed by atoms with Crippen LogP contribution >= 0.6 is 0 Å². The van der Waals surface area contributed by atoms with Crippen LogP contribution in [0, 0.1) is 11.8 Å². The van der Waals surface area contributed by atoms with E-state index in [0.29, 0.717) is 12.5 Å². The number of hydrogen-bond donors (Lipinski definition) is 1. The first-order chi connectivity index (χ1) is 18.8. The Morgan fingerprint density at radius 2 is 1.82 bits per heavy atom. The van der Waals surface area contributed by atoms with Crippen LogP contribution in [0.1, 0.15) is 69.8 Å². The van der Waals surface area contributed by atoms with Gasteiger partial charge < -0.3 is 24.3 Å². The van der Waals surface area contributed by atoms with Crippen LogP contribution in [-0.4, -0.2) is 45.9 Å². The van der Waals surface area contributed by atoms with Gasteiger partial charge in [0.05, 0.1) is 33.5 Å². The predicted octanol–water partition coefficient (Wildman–Crippen LogP) is 6.81. The van der Waals surface area contributed by atoms with Crippen LogP contribution in [0.15, 0.2) is 47.1 Å². The average Bonchev–Trinajstić information content (AvgIpc) is 2.98. The fourth-order valence-corrected chi connectivity index (χ4v) is 6.48. The quantitative estimate of drug-likeness (QED) is 0.349. The summed E-state index contributed by atoms with van der Waals surface area (Å²) in [5.41, 5.74) is 2.39. The molecule has 1 N–H and O–H groups in total. The summed E-state index contributed by atoms with van der Waals surface area (Å²) in [6.45, 7) is 3.11. The lowest BCUT2D eigenvalue weighted by molar-refractivity contribution is -0.00309. The summed E-state index contributed by atoms with van der Waals surface area (Å²) in [5.74, 6) is 3.88. The molecule has 38 heavy (non-hydrogen) atoms. The maximum Gasteiger partial charge on any atom is 0.188 e. The molecule has 0 aromatic heterocycles. The Kier molecular flexibility index (Phi) is 9.58. The van der Waals surface area contributed by atoms with E-state index in [-0.39, 0.29) is 6.10 Å². The van der Waals surface area contributed by atoms with Gasteiger partial charge in [-0.15, -0.1) is 0 Å². The van der Waals surface area contributed by atoms with Gasteiger partial charge in [-0.05, 0) is 49.8 Å². The number of fused-ring (bicyclic) bond motifs is 1. The Morgan fingerprint density at radius 3 is 2.58 bits per heavy atom. The maximum absolute atomic E-state index is 6.57. The van der Waals surface area contributed by atoms with Crippen molar-refractivity contribution in [3.63, 3.8) is 0 Å². The lowest BCUT2D eigenvalue weighted by Gasteiger charge is -2.34.